The van der Waals surface area contributed by atoms with Gasteiger partial charge in [0.1, 0.15) is 0 Å². The Morgan fingerprint density at radius 3 is 0.833 bits per heavy atom. The fraction of sp³-hybridized carbons (Fsp3) is 0. The van der Waals surface area contributed by atoms with E-state index in [9.17, 15) is 0 Å². The van der Waals surface area contributed by atoms with Crippen molar-refractivity contribution < 1.29 is 0 Å². The topological polar surface area (TPSA) is 0 Å². The van der Waals surface area contributed by atoms with E-state index in [1.54, 1.807) is 22.7 Å². The van der Waals surface area contributed by atoms with Crippen LogP contribution in [0.2, 0.25) is 0 Å². The minimum absolute atomic E-state index is 0. The summed E-state index contributed by atoms with van der Waals surface area (Å²) in [6, 6.07) is 8.07. The summed E-state index contributed by atoms with van der Waals surface area (Å²) in [6.45, 7) is 0. The lowest BCUT2D eigenvalue weighted by atomic mass is 10.7. The summed E-state index contributed by atoms with van der Waals surface area (Å²) in [5, 5.41) is 8.17. The lowest BCUT2D eigenvalue weighted by Crippen LogP contribution is -1.16. The average molecular weight is 330 g/mol. The van der Waals surface area contributed by atoms with E-state index in [1.807, 2.05) is 45.8 Å². The van der Waals surface area contributed by atoms with E-state index in [1.165, 1.54) is 0 Å². The fourth-order valence-electron chi connectivity index (χ4n) is 0.454. The van der Waals surface area contributed by atoms with E-state index in [2.05, 4.69) is 0 Å². The van der Waals surface area contributed by atoms with Crippen molar-refractivity contribution >= 4 is 56.6 Å². The first-order valence-electron chi connectivity index (χ1n) is 2.94. The van der Waals surface area contributed by atoms with Crippen LogP contribution in [-0.2, 0) is 0 Å². The summed E-state index contributed by atoms with van der Waals surface area (Å²) in [5.41, 5.74) is 0. The van der Waals surface area contributed by atoms with Gasteiger partial charge >= 0.3 is 0 Å². The fourth-order valence-corrected chi connectivity index (χ4v) is 1.36. The van der Waals surface area contributed by atoms with Crippen LogP contribution in [0.25, 0.3) is 0 Å². The molecule has 4 heteroatoms. The summed E-state index contributed by atoms with van der Waals surface area (Å²) in [7, 11) is 0. The van der Waals surface area contributed by atoms with Crippen LogP contribution in [0.4, 0.5) is 0 Å². The van der Waals surface area contributed by atoms with Crippen LogP contribution in [0.1, 0.15) is 0 Å². The smallest absolute Gasteiger partial charge is 0.00934 e. The Balaban J connectivity index is 0. The molecule has 0 aliphatic carbocycles. The molecule has 12 heavy (non-hydrogen) atoms. The highest BCUT2D eigenvalue weighted by molar-refractivity contribution is 8.93. The monoisotopic (exact) mass is 328 g/mol. The van der Waals surface area contributed by atoms with Crippen molar-refractivity contribution in [3.63, 3.8) is 0 Å². The number of rotatable bonds is 0. The second-order valence-electron chi connectivity index (χ2n) is 1.59. The molecular formula is C8H10Br2S2. The van der Waals surface area contributed by atoms with E-state index in [0.29, 0.717) is 0 Å². The van der Waals surface area contributed by atoms with Gasteiger partial charge in [0.15, 0.2) is 0 Å². The molecule has 0 saturated carbocycles. The summed E-state index contributed by atoms with van der Waals surface area (Å²) in [4.78, 5) is 0. The van der Waals surface area contributed by atoms with Gasteiger partial charge in [0.2, 0.25) is 0 Å². The number of hydrogen-bond acceptors (Lipinski definition) is 2. The summed E-state index contributed by atoms with van der Waals surface area (Å²) in [5.74, 6) is 0. The van der Waals surface area contributed by atoms with Crippen molar-refractivity contribution in [1.29, 1.82) is 0 Å². The molecule has 0 aliphatic heterocycles. The van der Waals surface area contributed by atoms with Crippen molar-refractivity contribution in [2.24, 2.45) is 0 Å². The van der Waals surface area contributed by atoms with E-state index in [-0.39, 0.29) is 34.0 Å². The average Bonchev–Trinajstić information content (AvgIpc) is 2.67. The Labute approximate surface area is 102 Å². The molecule has 0 unspecified atom stereocenters. The molecule has 0 radical (unpaired) electrons. The van der Waals surface area contributed by atoms with Gasteiger partial charge < -0.3 is 0 Å². The van der Waals surface area contributed by atoms with Crippen molar-refractivity contribution in [1.82, 2.24) is 0 Å². The van der Waals surface area contributed by atoms with E-state index >= 15 is 0 Å². The largest absolute Gasteiger partial charge is 0.152 e. The number of thiophene rings is 2. The van der Waals surface area contributed by atoms with Crippen molar-refractivity contribution in [2.75, 3.05) is 0 Å². The molecule has 2 aromatic rings. The van der Waals surface area contributed by atoms with E-state index < -0.39 is 0 Å². The third-order valence-electron chi connectivity index (χ3n) is 0.851. The molecular weight excluding hydrogens is 320 g/mol. The van der Waals surface area contributed by atoms with Crippen LogP contribution in [0.5, 0.6) is 0 Å². The van der Waals surface area contributed by atoms with Crippen LogP contribution in [-0.4, -0.2) is 0 Å². The normalized spacial score (nSPS) is 6.67. The molecule has 0 spiro atoms. The first-order valence-corrected chi connectivity index (χ1v) is 4.83. The van der Waals surface area contributed by atoms with Crippen LogP contribution in [0, 0.1) is 0 Å². The molecule has 68 valence electrons. The van der Waals surface area contributed by atoms with Crippen molar-refractivity contribution in [2.45, 2.75) is 0 Å². The van der Waals surface area contributed by atoms with Gasteiger partial charge in [0.05, 0.1) is 0 Å². The van der Waals surface area contributed by atoms with Crippen LogP contribution >= 0.6 is 56.6 Å². The molecule has 0 N–H and O–H groups in total. The summed E-state index contributed by atoms with van der Waals surface area (Å²) in [6.07, 6.45) is 0. The lowest BCUT2D eigenvalue weighted by Gasteiger charge is -1.39. The molecule has 0 saturated heterocycles. The second kappa shape index (κ2) is 11.4. The third kappa shape index (κ3) is 8.46. The van der Waals surface area contributed by atoms with Crippen LogP contribution < -0.4 is 0 Å². The molecule has 0 aliphatic rings. The minimum Gasteiger partial charge on any atom is -0.152 e. The van der Waals surface area contributed by atoms with Crippen LogP contribution in [0.15, 0.2) is 45.8 Å². The minimum atomic E-state index is 0. The van der Waals surface area contributed by atoms with Gasteiger partial charge in [-0.2, -0.15) is 22.7 Å². The quantitative estimate of drug-likeness (QED) is 0.659. The molecule has 0 bridgehead atoms. The number of halogens is 2. The Bertz CT molecular complexity index is 154. The maximum absolute atomic E-state index is 2.04. The zero-order valence-electron chi connectivity index (χ0n) is 6.25. The predicted molar refractivity (Wildman–Crippen MR) is 69.3 cm³/mol. The molecule has 0 nitrogen and oxygen atoms in total. The highest BCUT2D eigenvalue weighted by Crippen LogP contribution is 1.92. The number of hydrogen-bond donors (Lipinski definition) is 0. The maximum atomic E-state index is 2.04. The molecule has 0 fully saturated rings. The van der Waals surface area contributed by atoms with Gasteiger partial charge in [-0.25, -0.2) is 0 Å². The maximum Gasteiger partial charge on any atom is -0.00934 e. The Kier molecular flexibility index (Phi) is 14.1. The first-order chi connectivity index (χ1) is 5.00. The SMILES string of the molecule is Br.Br.c1ccsc1.c1ccsc1. The van der Waals surface area contributed by atoms with E-state index in [4.69, 9.17) is 0 Å². The zero-order valence-corrected chi connectivity index (χ0v) is 11.3. The molecule has 0 atom stereocenters. The van der Waals surface area contributed by atoms with Gasteiger partial charge in [-0.3, -0.25) is 0 Å². The Morgan fingerprint density at radius 2 is 0.750 bits per heavy atom. The van der Waals surface area contributed by atoms with Gasteiger partial charge in [-0.05, 0) is 21.5 Å². The van der Waals surface area contributed by atoms with Crippen LogP contribution in [0.3, 0.4) is 0 Å². The van der Waals surface area contributed by atoms with Crippen molar-refractivity contribution in [3.05, 3.63) is 45.8 Å². The third-order valence-corrected chi connectivity index (χ3v) is 2.11. The Morgan fingerprint density at radius 1 is 0.500 bits per heavy atom. The summed E-state index contributed by atoms with van der Waals surface area (Å²) >= 11 is 3.43. The standard InChI is InChI=1S/2C4H4S.2BrH/c2*1-2-4-5-3-1;;/h2*1-4H;2*1H. The van der Waals surface area contributed by atoms with Gasteiger partial charge in [-0.1, -0.05) is 24.3 Å². The van der Waals surface area contributed by atoms with Gasteiger partial charge in [0.25, 0.3) is 0 Å². The Hall–Kier alpha value is 0.360. The summed E-state index contributed by atoms with van der Waals surface area (Å²) < 4.78 is 0. The molecule has 2 aromatic heterocycles. The highest BCUT2D eigenvalue weighted by atomic mass is 79.9. The highest BCUT2D eigenvalue weighted by Gasteiger charge is 1.59. The molecule has 0 aromatic carbocycles. The van der Waals surface area contributed by atoms with Gasteiger partial charge in [-0.15, -0.1) is 34.0 Å². The molecule has 2 heterocycles. The van der Waals surface area contributed by atoms with Crippen molar-refractivity contribution in [3.8, 4) is 0 Å². The first kappa shape index (κ1) is 14.9. The molecule has 2 rings (SSSR count). The second-order valence-corrected chi connectivity index (χ2v) is 3.22. The van der Waals surface area contributed by atoms with Gasteiger partial charge in [0, 0.05) is 0 Å². The molecule has 0 amide bonds. The van der Waals surface area contributed by atoms with E-state index in [0.717, 1.165) is 0 Å². The predicted octanol–water partition coefficient (Wildman–Crippen LogP) is 4.65. The zero-order chi connectivity index (χ0) is 7.07. The lowest BCUT2D eigenvalue weighted by molar-refractivity contribution is 2.03.